The highest BCUT2D eigenvalue weighted by Gasteiger charge is 2.34. The number of rotatable bonds is 9. The Hall–Kier alpha value is -3.44. The zero-order chi connectivity index (χ0) is 29.1. The van der Waals surface area contributed by atoms with Crippen LogP contribution in [-0.4, -0.2) is 41.3 Å². The number of nitrogens with zero attached hydrogens (tertiary/aromatic N) is 2. The predicted octanol–water partition coefficient (Wildman–Crippen LogP) is 5.47. The minimum Gasteiger partial charge on any atom is -0.394 e. The van der Waals surface area contributed by atoms with Crippen LogP contribution in [-0.2, 0) is 22.6 Å². The van der Waals surface area contributed by atoms with Gasteiger partial charge in [-0.3, -0.25) is 4.79 Å². The van der Waals surface area contributed by atoms with E-state index < -0.39 is 40.1 Å². The lowest BCUT2D eigenvalue weighted by Gasteiger charge is -2.18. The van der Waals surface area contributed by atoms with E-state index in [9.17, 15) is 31.5 Å². The summed E-state index contributed by atoms with van der Waals surface area (Å²) in [5.74, 6) is -0.197. The number of carbonyl (C=O) groups is 1. The number of hydrogen-bond acceptors (Lipinski definition) is 5. The van der Waals surface area contributed by atoms with E-state index in [4.69, 9.17) is 0 Å². The van der Waals surface area contributed by atoms with Gasteiger partial charge >= 0.3 is 6.18 Å². The Morgan fingerprint density at radius 1 is 1.12 bits per heavy atom. The number of imidazole rings is 1. The van der Waals surface area contributed by atoms with E-state index in [0.29, 0.717) is 23.5 Å². The highest BCUT2D eigenvalue weighted by Crippen LogP contribution is 2.34. The fourth-order valence-corrected chi connectivity index (χ4v) is 5.75. The number of hydrogen-bond donors (Lipinski definition) is 2. The van der Waals surface area contributed by atoms with Crippen molar-refractivity contribution in [2.45, 2.75) is 63.2 Å². The van der Waals surface area contributed by atoms with Gasteiger partial charge in [-0.25, -0.2) is 13.4 Å². The average Bonchev–Trinajstić information content (AvgIpc) is 3.27. The Kier molecular flexibility index (Phi) is 8.84. The molecule has 1 aliphatic rings. The van der Waals surface area contributed by atoms with Gasteiger partial charge in [0.2, 0.25) is 0 Å². The summed E-state index contributed by atoms with van der Waals surface area (Å²) in [5, 5.41) is 12.8. The second kappa shape index (κ2) is 12.0. The van der Waals surface area contributed by atoms with Gasteiger partial charge in [0.1, 0.15) is 11.5 Å². The van der Waals surface area contributed by atoms with Gasteiger partial charge in [0, 0.05) is 12.2 Å². The number of carbonyl (C=O) groups excluding carboxylic acids is 1. The molecule has 2 N–H and O–H groups in total. The molecule has 214 valence electrons. The summed E-state index contributed by atoms with van der Waals surface area (Å²) in [6.07, 6.45) is 0.916. The summed E-state index contributed by atoms with van der Waals surface area (Å²) < 4.78 is 67.1. The lowest BCUT2D eigenvalue weighted by molar-refractivity contribution is -0.138. The molecule has 40 heavy (non-hydrogen) atoms. The van der Waals surface area contributed by atoms with Gasteiger partial charge in [-0.2, -0.15) is 13.2 Å². The van der Waals surface area contributed by atoms with Crippen LogP contribution in [0, 0.1) is 6.92 Å². The van der Waals surface area contributed by atoms with E-state index in [0.717, 1.165) is 30.9 Å². The maximum absolute atomic E-state index is 13.7. The van der Waals surface area contributed by atoms with Gasteiger partial charge in [-0.05, 0) is 67.5 Å². The molecule has 0 spiro atoms. The number of amides is 1. The molecule has 0 fully saturated rings. The zero-order valence-corrected chi connectivity index (χ0v) is 23.1. The summed E-state index contributed by atoms with van der Waals surface area (Å²) in [6, 6.07) is 10.4. The minimum atomic E-state index is -4.53. The van der Waals surface area contributed by atoms with Crippen LogP contribution in [0.5, 0.6) is 0 Å². The van der Waals surface area contributed by atoms with Gasteiger partial charge in [0.05, 0.1) is 28.9 Å². The zero-order valence-electron chi connectivity index (χ0n) is 22.3. The van der Waals surface area contributed by atoms with Gasteiger partial charge < -0.3 is 15.0 Å². The lowest BCUT2D eigenvalue weighted by Crippen LogP contribution is -2.31. The first-order chi connectivity index (χ1) is 19.0. The van der Waals surface area contributed by atoms with Crippen molar-refractivity contribution < 1.29 is 31.5 Å². The second-order valence-corrected chi connectivity index (χ2v) is 12.0. The Morgan fingerprint density at radius 3 is 2.42 bits per heavy atom. The van der Waals surface area contributed by atoms with E-state index >= 15 is 0 Å². The molecule has 0 saturated carbocycles. The first kappa shape index (κ1) is 29.5. The summed E-state index contributed by atoms with van der Waals surface area (Å²) in [6.45, 7) is 2.61. The number of halogens is 3. The fourth-order valence-electron chi connectivity index (χ4n) is 4.87. The van der Waals surface area contributed by atoms with E-state index in [1.807, 2.05) is 6.08 Å². The predicted molar refractivity (Wildman–Crippen MR) is 145 cm³/mol. The van der Waals surface area contributed by atoms with Crippen molar-refractivity contribution in [2.24, 2.45) is 0 Å². The normalized spacial score (nSPS) is 15.0. The Morgan fingerprint density at radius 2 is 1.82 bits per heavy atom. The summed E-state index contributed by atoms with van der Waals surface area (Å²) in [7, 11) is -3.41. The molecule has 0 saturated heterocycles. The van der Waals surface area contributed by atoms with Crippen molar-refractivity contribution in [3.8, 4) is 0 Å². The minimum absolute atomic E-state index is 0.0506. The smallest absolute Gasteiger partial charge is 0.394 e. The molecular weight excluding hydrogens is 543 g/mol. The van der Waals surface area contributed by atoms with E-state index in [2.05, 4.69) is 10.3 Å². The molecule has 3 aromatic rings. The molecule has 1 atom stereocenters. The summed E-state index contributed by atoms with van der Waals surface area (Å²) in [4.78, 5) is 18.2. The molecule has 4 rings (SSSR count). The van der Waals surface area contributed by atoms with Crippen LogP contribution in [0.2, 0.25) is 0 Å². The van der Waals surface area contributed by atoms with E-state index in [1.54, 1.807) is 24.5 Å². The van der Waals surface area contributed by atoms with Crippen LogP contribution in [0.25, 0.3) is 5.57 Å². The Bertz CT molecular complexity index is 1510. The van der Waals surface area contributed by atoms with Crippen molar-refractivity contribution >= 4 is 21.3 Å². The number of aliphatic hydroxyl groups excluding tert-OH is 1. The molecule has 0 bridgehead atoms. The third-order valence-electron chi connectivity index (χ3n) is 7.17. The standard InChI is InChI=1S/C29H32F3N3O4S/c1-3-40(38,39)23-15-13-20(14-16-23)25(18-36)33-28(37)26-19(2)35(27(34-26)21-9-5-4-6-10-21)17-22-11-7-8-12-24(22)29(30,31)32/h7-9,11-16,25,36H,3-6,10,17-18H2,1-2H3,(H,33,37). The highest BCUT2D eigenvalue weighted by atomic mass is 32.2. The Balaban J connectivity index is 1.68. The molecule has 1 aliphatic carbocycles. The second-order valence-electron chi connectivity index (χ2n) is 9.77. The number of alkyl halides is 3. The maximum Gasteiger partial charge on any atom is 0.416 e. The number of aliphatic hydroxyl groups is 1. The van der Waals surface area contributed by atoms with Crippen LogP contribution in [0.4, 0.5) is 13.2 Å². The molecule has 0 aliphatic heterocycles. The first-order valence-corrected chi connectivity index (χ1v) is 14.8. The maximum atomic E-state index is 13.7. The van der Waals surface area contributed by atoms with Crippen molar-refractivity contribution in [2.75, 3.05) is 12.4 Å². The summed E-state index contributed by atoms with van der Waals surface area (Å²) in [5.41, 5.74) is 1.15. The first-order valence-electron chi connectivity index (χ1n) is 13.1. The van der Waals surface area contributed by atoms with Gasteiger partial charge in [-0.15, -0.1) is 0 Å². The van der Waals surface area contributed by atoms with Crippen molar-refractivity contribution in [1.29, 1.82) is 0 Å². The molecule has 7 nitrogen and oxygen atoms in total. The fraction of sp³-hybridized carbons (Fsp3) is 0.379. The largest absolute Gasteiger partial charge is 0.416 e. The molecule has 0 radical (unpaired) electrons. The van der Waals surface area contributed by atoms with Gasteiger partial charge in [0.15, 0.2) is 9.84 Å². The van der Waals surface area contributed by atoms with Gasteiger partial charge in [0.25, 0.3) is 5.91 Å². The SMILES string of the molecule is CCS(=O)(=O)c1ccc(C(CO)NC(=O)c2nc(C3=CCCCC3)n(Cc3ccccc3C(F)(F)F)c2C)cc1. The average molecular weight is 576 g/mol. The molecule has 2 aromatic carbocycles. The molecule has 1 amide bonds. The summed E-state index contributed by atoms with van der Waals surface area (Å²) >= 11 is 0. The molecule has 1 aromatic heterocycles. The number of nitrogens with one attached hydrogen (secondary N) is 1. The lowest BCUT2D eigenvalue weighted by atomic mass is 9.99. The number of sulfone groups is 1. The van der Waals surface area contributed by atoms with Gasteiger partial charge in [-0.1, -0.05) is 43.3 Å². The van der Waals surface area contributed by atoms with Crippen molar-refractivity contribution in [3.63, 3.8) is 0 Å². The third-order valence-corrected chi connectivity index (χ3v) is 8.93. The number of aromatic nitrogens is 2. The van der Waals surface area contributed by atoms with E-state index in [-0.39, 0.29) is 28.5 Å². The number of benzene rings is 2. The monoisotopic (exact) mass is 575 g/mol. The van der Waals surface area contributed by atoms with Crippen molar-refractivity contribution in [1.82, 2.24) is 14.9 Å². The van der Waals surface area contributed by atoms with Crippen LogP contribution in [0.15, 0.2) is 59.5 Å². The van der Waals surface area contributed by atoms with Crippen LogP contribution in [0.3, 0.4) is 0 Å². The van der Waals surface area contributed by atoms with Crippen LogP contribution < -0.4 is 5.32 Å². The van der Waals surface area contributed by atoms with Crippen molar-refractivity contribution in [3.05, 3.63) is 88.5 Å². The van der Waals surface area contributed by atoms with Crippen LogP contribution in [0.1, 0.15) is 77.3 Å². The highest BCUT2D eigenvalue weighted by molar-refractivity contribution is 7.91. The molecule has 1 heterocycles. The molecule has 1 unspecified atom stereocenters. The topological polar surface area (TPSA) is 101 Å². The molecular formula is C29H32F3N3O4S. The van der Waals surface area contributed by atoms with E-state index in [1.165, 1.54) is 36.4 Å². The Labute approximate surface area is 231 Å². The quantitative estimate of drug-likeness (QED) is 0.352. The van der Waals surface area contributed by atoms with Crippen LogP contribution >= 0.6 is 0 Å². The third kappa shape index (κ3) is 6.31. The molecule has 11 heteroatoms. The number of allylic oxidation sites excluding steroid dienone is 2.